The molecule has 1 aromatic carbocycles. The molecule has 0 saturated carbocycles. The molecule has 1 aromatic rings. The Morgan fingerprint density at radius 1 is 1.16 bits per heavy atom. The van der Waals surface area contributed by atoms with E-state index in [1.165, 1.54) is 16.8 Å². The summed E-state index contributed by atoms with van der Waals surface area (Å²) in [7, 11) is 2.19. The van der Waals surface area contributed by atoms with E-state index in [2.05, 4.69) is 48.9 Å². The smallest absolute Gasteiger partial charge is 0.0539 e. The molecule has 0 aliphatic carbocycles. The Morgan fingerprint density at radius 3 is 2.32 bits per heavy atom. The SMILES string of the molecule is CCc1cccc(CC)c1N1CCN(C)CC1CN. The van der Waals surface area contributed by atoms with Crippen LogP contribution in [0, 0.1) is 0 Å². The monoisotopic (exact) mass is 261 g/mol. The van der Waals surface area contributed by atoms with Crippen molar-refractivity contribution in [2.24, 2.45) is 5.73 Å². The van der Waals surface area contributed by atoms with Crippen molar-refractivity contribution in [1.82, 2.24) is 4.90 Å². The molecule has 1 saturated heterocycles. The van der Waals surface area contributed by atoms with Gasteiger partial charge in [0.25, 0.3) is 0 Å². The molecule has 1 unspecified atom stereocenters. The molecule has 1 heterocycles. The van der Waals surface area contributed by atoms with Crippen molar-refractivity contribution in [3.8, 4) is 0 Å². The molecule has 1 aliphatic rings. The minimum absolute atomic E-state index is 0.441. The third-order valence-corrected chi connectivity index (χ3v) is 4.21. The second kappa shape index (κ2) is 6.40. The molecule has 0 radical (unpaired) electrons. The molecule has 0 aromatic heterocycles. The fourth-order valence-corrected chi connectivity index (χ4v) is 3.09. The number of hydrogen-bond acceptors (Lipinski definition) is 3. The molecule has 19 heavy (non-hydrogen) atoms. The van der Waals surface area contributed by atoms with E-state index in [0.717, 1.165) is 39.0 Å². The van der Waals surface area contributed by atoms with Crippen molar-refractivity contribution in [3.63, 3.8) is 0 Å². The van der Waals surface area contributed by atoms with Crippen LogP contribution in [-0.4, -0.2) is 44.2 Å². The molecule has 2 rings (SSSR count). The van der Waals surface area contributed by atoms with E-state index in [9.17, 15) is 0 Å². The Labute approximate surface area is 117 Å². The summed E-state index contributed by atoms with van der Waals surface area (Å²) < 4.78 is 0. The summed E-state index contributed by atoms with van der Waals surface area (Å²) in [5.41, 5.74) is 10.4. The Balaban J connectivity index is 2.38. The van der Waals surface area contributed by atoms with Gasteiger partial charge in [0.2, 0.25) is 0 Å². The lowest BCUT2D eigenvalue weighted by atomic mass is 9.99. The van der Waals surface area contributed by atoms with E-state index in [0.29, 0.717) is 6.04 Å². The van der Waals surface area contributed by atoms with Gasteiger partial charge < -0.3 is 15.5 Å². The quantitative estimate of drug-likeness (QED) is 0.898. The van der Waals surface area contributed by atoms with E-state index >= 15 is 0 Å². The van der Waals surface area contributed by atoms with Gasteiger partial charge in [0.05, 0.1) is 6.04 Å². The van der Waals surface area contributed by atoms with E-state index in [4.69, 9.17) is 5.73 Å². The van der Waals surface area contributed by atoms with Gasteiger partial charge >= 0.3 is 0 Å². The minimum Gasteiger partial charge on any atom is -0.364 e. The summed E-state index contributed by atoms with van der Waals surface area (Å²) in [6.07, 6.45) is 2.18. The lowest BCUT2D eigenvalue weighted by Crippen LogP contribution is -2.55. The highest BCUT2D eigenvalue weighted by Crippen LogP contribution is 2.29. The first-order valence-electron chi connectivity index (χ1n) is 7.47. The third kappa shape index (κ3) is 2.93. The normalized spacial score (nSPS) is 20.8. The number of nitrogens with zero attached hydrogens (tertiary/aromatic N) is 2. The summed E-state index contributed by atoms with van der Waals surface area (Å²) >= 11 is 0. The van der Waals surface area contributed by atoms with Gasteiger partial charge in [0.1, 0.15) is 0 Å². The van der Waals surface area contributed by atoms with Crippen LogP contribution in [-0.2, 0) is 12.8 Å². The summed E-state index contributed by atoms with van der Waals surface area (Å²) in [5.74, 6) is 0. The fourth-order valence-electron chi connectivity index (χ4n) is 3.09. The van der Waals surface area contributed by atoms with E-state index in [-0.39, 0.29) is 0 Å². The Morgan fingerprint density at radius 2 is 1.79 bits per heavy atom. The fraction of sp³-hybridized carbons (Fsp3) is 0.625. The highest BCUT2D eigenvalue weighted by molar-refractivity contribution is 5.61. The van der Waals surface area contributed by atoms with Crippen molar-refractivity contribution in [2.75, 3.05) is 38.1 Å². The zero-order valence-electron chi connectivity index (χ0n) is 12.5. The first-order valence-corrected chi connectivity index (χ1v) is 7.47. The average molecular weight is 261 g/mol. The summed E-state index contributed by atoms with van der Waals surface area (Å²) in [4.78, 5) is 4.94. The molecular formula is C16H27N3. The van der Waals surface area contributed by atoms with Crippen molar-refractivity contribution >= 4 is 5.69 Å². The van der Waals surface area contributed by atoms with Crippen LogP contribution >= 0.6 is 0 Å². The van der Waals surface area contributed by atoms with Crippen LogP contribution in [0.2, 0.25) is 0 Å². The van der Waals surface area contributed by atoms with Crippen molar-refractivity contribution in [2.45, 2.75) is 32.7 Å². The lowest BCUT2D eigenvalue weighted by molar-refractivity contribution is 0.269. The predicted octanol–water partition coefficient (Wildman–Crippen LogP) is 1.89. The lowest BCUT2D eigenvalue weighted by Gasteiger charge is -2.42. The van der Waals surface area contributed by atoms with Crippen LogP contribution in [0.3, 0.4) is 0 Å². The van der Waals surface area contributed by atoms with Gasteiger partial charge in [-0.1, -0.05) is 32.0 Å². The van der Waals surface area contributed by atoms with Crippen LogP contribution in [0.1, 0.15) is 25.0 Å². The van der Waals surface area contributed by atoms with E-state index in [1.807, 2.05) is 0 Å². The number of likely N-dealkylation sites (N-methyl/N-ethyl adjacent to an activating group) is 1. The van der Waals surface area contributed by atoms with Crippen LogP contribution in [0.4, 0.5) is 5.69 Å². The van der Waals surface area contributed by atoms with Crippen LogP contribution in [0.5, 0.6) is 0 Å². The number of anilines is 1. The van der Waals surface area contributed by atoms with Gasteiger partial charge in [-0.05, 0) is 31.0 Å². The number of hydrogen-bond donors (Lipinski definition) is 1. The second-order valence-electron chi connectivity index (χ2n) is 5.48. The Hall–Kier alpha value is -1.06. The van der Waals surface area contributed by atoms with Crippen LogP contribution < -0.4 is 10.6 Å². The predicted molar refractivity (Wildman–Crippen MR) is 82.9 cm³/mol. The molecular weight excluding hydrogens is 234 g/mol. The summed E-state index contributed by atoms with van der Waals surface area (Å²) in [5, 5.41) is 0. The molecule has 1 fully saturated rings. The standard InChI is InChI=1S/C16H27N3/c1-4-13-7-6-8-14(5-2)16(13)19-10-9-18(3)12-15(19)11-17/h6-8,15H,4-5,9-12,17H2,1-3H3. The maximum atomic E-state index is 6.01. The van der Waals surface area contributed by atoms with Crippen molar-refractivity contribution in [3.05, 3.63) is 29.3 Å². The van der Waals surface area contributed by atoms with Gasteiger partial charge in [-0.15, -0.1) is 0 Å². The molecule has 0 spiro atoms. The number of nitrogens with two attached hydrogens (primary N) is 1. The van der Waals surface area contributed by atoms with Gasteiger partial charge in [0, 0.05) is 31.9 Å². The number of piperazine rings is 1. The van der Waals surface area contributed by atoms with Crippen molar-refractivity contribution in [1.29, 1.82) is 0 Å². The molecule has 1 atom stereocenters. The topological polar surface area (TPSA) is 32.5 Å². The van der Waals surface area contributed by atoms with E-state index < -0.39 is 0 Å². The average Bonchev–Trinajstić information content (AvgIpc) is 2.46. The highest BCUT2D eigenvalue weighted by atomic mass is 15.3. The Bertz CT molecular complexity index is 394. The number of rotatable bonds is 4. The maximum Gasteiger partial charge on any atom is 0.0539 e. The summed E-state index contributed by atoms with van der Waals surface area (Å²) in [6.45, 7) is 8.49. The van der Waals surface area contributed by atoms with Gasteiger partial charge in [-0.25, -0.2) is 0 Å². The van der Waals surface area contributed by atoms with E-state index in [1.54, 1.807) is 0 Å². The molecule has 106 valence electrons. The number of para-hydroxylation sites is 1. The van der Waals surface area contributed by atoms with Crippen LogP contribution in [0.15, 0.2) is 18.2 Å². The molecule has 1 aliphatic heterocycles. The van der Waals surface area contributed by atoms with Crippen molar-refractivity contribution < 1.29 is 0 Å². The molecule has 0 bridgehead atoms. The largest absolute Gasteiger partial charge is 0.364 e. The zero-order valence-corrected chi connectivity index (χ0v) is 12.5. The summed E-state index contributed by atoms with van der Waals surface area (Å²) in [6, 6.07) is 7.16. The Kier molecular flexibility index (Phi) is 4.83. The first-order chi connectivity index (χ1) is 9.21. The number of aryl methyl sites for hydroxylation is 2. The maximum absolute atomic E-state index is 6.01. The molecule has 0 amide bonds. The highest BCUT2D eigenvalue weighted by Gasteiger charge is 2.26. The van der Waals surface area contributed by atoms with Gasteiger partial charge in [-0.2, -0.15) is 0 Å². The molecule has 3 heteroatoms. The zero-order chi connectivity index (χ0) is 13.8. The van der Waals surface area contributed by atoms with Crippen LogP contribution in [0.25, 0.3) is 0 Å². The molecule has 3 nitrogen and oxygen atoms in total. The minimum atomic E-state index is 0.441. The van der Waals surface area contributed by atoms with Gasteiger partial charge in [-0.3, -0.25) is 0 Å². The first kappa shape index (κ1) is 14.4. The number of benzene rings is 1. The van der Waals surface area contributed by atoms with Gasteiger partial charge in [0.15, 0.2) is 0 Å². The third-order valence-electron chi connectivity index (χ3n) is 4.21. The molecule has 2 N–H and O–H groups in total. The second-order valence-corrected chi connectivity index (χ2v) is 5.48.